The fourth-order valence-corrected chi connectivity index (χ4v) is 1.57. The van der Waals surface area contributed by atoms with E-state index in [4.69, 9.17) is 1.37 Å². The fraction of sp³-hybridized carbons (Fsp3) is 1.00. The number of hydrogen-bond donors (Lipinski definition) is 0. The molecule has 0 rings (SSSR count). The van der Waals surface area contributed by atoms with Crippen molar-refractivity contribution in [3.63, 3.8) is 0 Å². The van der Waals surface area contributed by atoms with Gasteiger partial charge in [0.2, 0.25) is 0 Å². The van der Waals surface area contributed by atoms with Gasteiger partial charge < -0.3 is 0 Å². The van der Waals surface area contributed by atoms with Crippen molar-refractivity contribution < 1.29 is 54.1 Å². The van der Waals surface area contributed by atoms with Crippen LogP contribution in [0.25, 0.3) is 0 Å². The van der Waals surface area contributed by atoms with E-state index in [1.807, 2.05) is 0 Å². The smallest absolute Gasteiger partial charge is 0.170 e. The molecule has 0 aliphatic heterocycles. The van der Waals surface area contributed by atoms with Gasteiger partial charge in [-0.3, -0.25) is 0 Å². The molecule has 0 heterocycles. The lowest BCUT2D eigenvalue weighted by molar-refractivity contribution is -0.345. The molecule has 0 aliphatic rings. The number of alkyl halides is 12. The molecule has 0 aromatic carbocycles. The lowest BCUT2D eigenvalue weighted by atomic mass is 9.81. The summed E-state index contributed by atoms with van der Waals surface area (Å²) in [5.41, 5.74) is 0. The molecular weight excluding hydrogens is 324 g/mol. The number of hydrogen-bond acceptors (Lipinski definition) is 0. The Morgan fingerprint density at radius 1 is 0.550 bits per heavy atom. The van der Waals surface area contributed by atoms with Gasteiger partial charge in [-0.15, -0.1) is 0 Å². The summed E-state index contributed by atoms with van der Waals surface area (Å²) in [5, 5.41) is 0. The maximum absolute atomic E-state index is 12.3. The van der Waals surface area contributed by atoms with Gasteiger partial charge in [-0.1, -0.05) is 6.92 Å². The molecule has 0 spiro atoms. The number of halogens is 12. The van der Waals surface area contributed by atoms with Crippen LogP contribution in [0.15, 0.2) is 0 Å². The van der Waals surface area contributed by atoms with Crippen molar-refractivity contribution in [1.29, 1.82) is 0 Å². The minimum Gasteiger partial charge on any atom is -0.170 e. The summed E-state index contributed by atoms with van der Waals surface area (Å²) in [5.74, 6) is -15.2. The zero-order chi connectivity index (χ0) is 17.7. The predicted octanol–water partition coefficient (Wildman–Crippen LogP) is 5.10. The third-order valence-electron chi connectivity index (χ3n) is 2.22. The average Bonchev–Trinajstić information content (AvgIpc) is 1.84. The molecule has 0 aromatic rings. The van der Waals surface area contributed by atoms with Crippen LogP contribution >= 0.6 is 0 Å². The molecule has 0 unspecified atom stereocenters. The molecule has 0 aliphatic carbocycles. The molecule has 0 N–H and O–H groups in total. The van der Waals surface area contributed by atoms with Crippen molar-refractivity contribution in [2.75, 3.05) is 0 Å². The van der Waals surface area contributed by atoms with Crippen LogP contribution in [-0.4, -0.2) is 24.7 Å². The van der Waals surface area contributed by atoms with E-state index in [-0.39, 0.29) is 0 Å². The summed E-state index contributed by atoms with van der Waals surface area (Å²) in [6.45, 7) is -0.690. The monoisotopic (exact) mass is 331 g/mol. The van der Waals surface area contributed by atoms with Crippen molar-refractivity contribution in [2.45, 2.75) is 31.6 Å². The molecule has 0 radical (unpaired) electrons. The zero-order valence-electron chi connectivity index (χ0n) is 10.2. The van der Waals surface area contributed by atoms with E-state index in [0.717, 1.165) is 0 Å². The van der Waals surface area contributed by atoms with Crippen LogP contribution in [0.1, 0.15) is 8.29 Å². The molecule has 20 heavy (non-hydrogen) atoms. The molecule has 0 saturated heterocycles. The van der Waals surface area contributed by atoms with Crippen LogP contribution in [-0.2, 0) is 0 Å². The highest BCUT2D eigenvalue weighted by atomic mass is 19.4. The number of rotatable bonds is 2. The minimum atomic E-state index is -6.51. The molecule has 0 nitrogen and oxygen atoms in total. The van der Waals surface area contributed by atoms with Crippen molar-refractivity contribution in [3.8, 4) is 0 Å². The van der Waals surface area contributed by atoms with Gasteiger partial charge in [-0.05, 0) is 5.89 Å². The molecule has 12 heteroatoms. The van der Waals surface area contributed by atoms with Crippen molar-refractivity contribution in [3.05, 3.63) is 0 Å². The fourth-order valence-electron chi connectivity index (χ4n) is 1.57. The Hall–Kier alpha value is -0.840. The SMILES string of the molecule is [2H]C(C)(C(C(F)(F)F)C(F)(F)F)C(C(F)(F)F)C(F)(F)F. The van der Waals surface area contributed by atoms with Gasteiger partial charge >= 0.3 is 24.7 Å². The first-order chi connectivity index (χ1) is 8.73. The summed E-state index contributed by atoms with van der Waals surface area (Å²) < 4.78 is 154. The summed E-state index contributed by atoms with van der Waals surface area (Å²) >= 11 is 0. The van der Waals surface area contributed by atoms with Crippen molar-refractivity contribution >= 4 is 0 Å². The lowest BCUT2D eigenvalue weighted by Gasteiger charge is -2.35. The van der Waals surface area contributed by atoms with Gasteiger partial charge in [-0.25, -0.2) is 0 Å². The highest BCUT2D eigenvalue weighted by molar-refractivity contribution is 4.90. The maximum Gasteiger partial charge on any atom is 0.400 e. The van der Waals surface area contributed by atoms with Crippen LogP contribution < -0.4 is 0 Å². The van der Waals surface area contributed by atoms with Gasteiger partial charge in [0.1, 0.15) is 0 Å². The maximum atomic E-state index is 12.3. The van der Waals surface area contributed by atoms with Crippen LogP contribution in [0.5, 0.6) is 0 Å². The van der Waals surface area contributed by atoms with E-state index in [1.165, 1.54) is 0 Å². The van der Waals surface area contributed by atoms with E-state index in [0.29, 0.717) is 0 Å². The molecule has 0 amide bonds. The summed E-state index contributed by atoms with van der Waals surface area (Å²) in [4.78, 5) is 0. The first-order valence-corrected chi connectivity index (χ1v) is 4.50. The second kappa shape index (κ2) is 5.17. The molecule has 0 aromatic heterocycles. The Labute approximate surface area is 105 Å². The van der Waals surface area contributed by atoms with Crippen molar-refractivity contribution in [2.24, 2.45) is 17.7 Å². The topological polar surface area (TPSA) is 0 Å². The highest BCUT2D eigenvalue weighted by Crippen LogP contribution is 2.53. The molecule has 122 valence electrons. The largest absolute Gasteiger partial charge is 0.400 e. The predicted molar refractivity (Wildman–Crippen MR) is 40.4 cm³/mol. The van der Waals surface area contributed by atoms with Crippen LogP contribution in [0, 0.1) is 17.7 Å². The molecular formula is C8H6F12. The summed E-state index contributed by atoms with van der Waals surface area (Å²) in [6.07, 6.45) is -26.0. The zero-order valence-corrected chi connectivity index (χ0v) is 9.19. The molecule has 0 fully saturated rings. The first kappa shape index (κ1) is 17.2. The second-order valence-corrected chi connectivity index (χ2v) is 3.78. The van der Waals surface area contributed by atoms with E-state index in [2.05, 4.69) is 0 Å². The van der Waals surface area contributed by atoms with E-state index in [1.54, 1.807) is 0 Å². The lowest BCUT2D eigenvalue weighted by Crippen LogP contribution is -2.50. The quantitative estimate of drug-likeness (QED) is 0.617. The van der Waals surface area contributed by atoms with E-state index >= 15 is 0 Å². The Bertz CT molecular complexity index is 293. The van der Waals surface area contributed by atoms with Gasteiger partial charge in [-0.2, -0.15) is 52.7 Å². The average molecular weight is 331 g/mol. The standard InChI is InChI=1S/C8H6F12/c1-2(3(5(9,10)11)6(12,13)14)4(7(15,16)17)8(18,19)20/h2-4H,1H3/i2D. The molecule has 0 saturated carbocycles. The van der Waals surface area contributed by atoms with E-state index < -0.39 is 49.4 Å². The van der Waals surface area contributed by atoms with Crippen LogP contribution in [0.3, 0.4) is 0 Å². The van der Waals surface area contributed by atoms with Gasteiger partial charge in [0, 0.05) is 1.37 Å². The summed E-state index contributed by atoms with van der Waals surface area (Å²) in [7, 11) is 0. The first-order valence-electron chi connectivity index (χ1n) is 5.00. The molecule has 0 bridgehead atoms. The summed E-state index contributed by atoms with van der Waals surface area (Å²) in [6, 6.07) is 0. The van der Waals surface area contributed by atoms with Gasteiger partial charge in [0.15, 0.2) is 11.8 Å². The highest BCUT2D eigenvalue weighted by Gasteiger charge is 2.68. The van der Waals surface area contributed by atoms with Crippen molar-refractivity contribution in [1.82, 2.24) is 0 Å². The van der Waals surface area contributed by atoms with Gasteiger partial charge in [0.25, 0.3) is 0 Å². The molecule has 0 atom stereocenters. The van der Waals surface area contributed by atoms with Crippen LogP contribution in [0.4, 0.5) is 52.7 Å². The Kier molecular flexibility index (Phi) is 4.45. The second-order valence-electron chi connectivity index (χ2n) is 3.78. The third-order valence-corrected chi connectivity index (χ3v) is 2.22. The van der Waals surface area contributed by atoms with Gasteiger partial charge in [0.05, 0.1) is 0 Å². The Morgan fingerprint density at radius 3 is 0.800 bits per heavy atom. The minimum absolute atomic E-state index is 0.690. The van der Waals surface area contributed by atoms with E-state index in [9.17, 15) is 52.7 Å². The Balaban J connectivity index is 6.21. The third kappa shape index (κ3) is 4.62. The van der Waals surface area contributed by atoms with Crippen LogP contribution in [0.2, 0.25) is 0 Å². The Morgan fingerprint density at radius 2 is 0.700 bits per heavy atom. The normalized spacial score (nSPS) is 16.9.